The first kappa shape index (κ1) is 15.0. The molecule has 0 bridgehead atoms. The zero-order valence-electron chi connectivity index (χ0n) is 12.2. The molecule has 2 rings (SSSR count). The fourth-order valence-electron chi connectivity index (χ4n) is 2.67. The molecule has 0 atom stereocenters. The monoisotopic (exact) mass is 278 g/mol. The molecule has 1 aliphatic heterocycles. The summed E-state index contributed by atoms with van der Waals surface area (Å²) in [6.45, 7) is 7.51. The van der Waals surface area contributed by atoms with Crippen LogP contribution in [0, 0.1) is 17.7 Å². The van der Waals surface area contributed by atoms with E-state index in [0.717, 1.165) is 32.5 Å². The van der Waals surface area contributed by atoms with E-state index in [9.17, 15) is 9.18 Å². The molecule has 1 saturated heterocycles. The first-order valence-corrected chi connectivity index (χ1v) is 7.33. The van der Waals surface area contributed by atoms with Crippen molar-refractivity contribution in [1.82, 2.24) is 4.90 Å². The highest BCUT2D eigenvalue weighted by Crippen LogP contribution is 2.20. The van der Waals surface area contributed by atoms with Gasteiger partial charge < -0.3 is 10.2 Å². The van der Waals surface area contributed by atoms with Crippen LogP contribution in [0.4, 0.5) is 10.1 Å². The van der Waals surface area contributed by atoms with E-state index in [1.165, 1.54) is 12.1 Å². The molecule has 110 valence electrons. The maximum absolute atomic E-state index is 12.8. The predicted molar refractivity (Wildman–Crippen MR) is 79.0 cm³/mol. The summed E-state index contributed by atoms with van der Waals surface area (Å²) in [7, 11) is 0. The molecule has 0 aliphatic carbocycles. The Bertz CT molecular complexity index is 436. The Morgan fingerprint density at radius 2 is 1.90 bits per heavy atom. The molecule has 1 aromatic carbocycles. The van der Waals surface area contributed by atoms with Crippen LogP contribution in [0.2, 0.25) is 0 Å². The maximum atomic E-state index is 12.8. The number of carbonyl (C=O) groups is 1. The van der Waals surface area contributed by atoms with Crippen LogP contribution in [-0.2, 0) is 4.79 Å². The summed E-state index contributed by atoms with van der Waals surface area (Å²) in [5.41, 5.74) is 0.668. The first-order valence-electron chi connectivity index (χ1n) is 7.33. The average molecular weight is 278 g/mol. The Hall–Kier alpha value is -1.42. The molecule has 1 N–H and O–H groups in total. The van der Waals surface area contributed by atoms with E-state index < -0.39 is 0 Å². The zero-order chi connectivity index (χ0) is 14.5. The third kappa shape index (κ3) is 4.30. The Morgan fingerprint density at radius 1 is 1.30 bits per heavy atom. The number of amides is 1. The number of halogens is 1. The van der Waals surface area contributed by atoms with E-state index in [1.54, 1.807) is 12.1 Å². The number of anilines is 1. The molecule has 3 nitrogen and oxygen atoms in total. The molecule has 1 aliphatic rings. The van der Waals surface area contributed by atoms with E-state index in [4.69, 9.17) is 0 Å². The Balaban J connectivity index is 1.81. The van der Waals surface area contributed by atoms with Crippen molar-refractivity contribution >= 4 is 11.6 Å². The number of nitrogens with one attached hydrogen (secondary N) is 1. The van der Waals surface area contributed by atoms with Gasteiger partial charge in [-0.3, -0.25) is 4.79 Å². The third-order valence-corrected chi connectivity index (χ3v) is 3.69. The van der Waals surface area contributed by atoms with Gasteiger partial charge in [0, 0.05) is 18.2 Å². The van der Waals surface area contributed by atoms with Gasteiger partial charge in [0.05, 0.1) is 0 Å². The fourth-order valence-corrected chi connectivity index (χ4v) is 2.67. The Morgan fingerprint density at radius 3 is 2.45 bits per heavy atom. The van der Waals surface area contributed by atoms with E-state index in [-0.39, 0.29) is 17.6 Å². The van der Waals surface area contributed by atoms with Gasteiger partial charge in [-0.25, -0.2) is 4.39 Å². The van der Waals surface area contributed by atoms with Crippen molar-refractivity contribution in [3.05, 3.63) is 30.1 Å². The van der Waals surface area contributed by atoms with Crippen molar-refractivity contribution in [1.29, 1.82) is 0 Å². The minimum atomic E-state index is -0.287. The highest BCUT2D eigenvalue weighted by Gasteiger charge is 2.25. The Kier molecular flexibility index (Phi) is 5.12. The summed E-state index contributed by atoms with van der Waals surface area (Å²) >= 11 is 0. The van der Waals surface area contributed by atoms with Crippen molar-refractivity contribution in [3.8, 4) is 0 Å². The fraction of sp³-hybridized carbons (Fsp3) is 0.562. The highest BCUT2D eigenvalue weighted by atomic mass is 19.1. The van der Waals surface area contributed by atoms with Gasteiger partial charge in [-0.1, -0.05) is 13.8 Å². The summed E-state index contributed by atoms with van der Waals surface area (Å²) in [5.74, 6) is 0.508. The van der Waals surface area contributed by atoms with Crippen molar-refractivity contribution in [2.75, 3.05) is 25.0 Å². The molecule has 1 heterocycles. The van der Waals surface area contributed by atoms with Gasteiger partial charge >= 0.3 is 0 Å². The molecular weight excluding hydrogens is 255 g/mol. The largest absolute Gasteiger partial charge is 0.326 e. The molecule has 4 heteroatoms. The lowest BCUT2D eigenvalue weighted by Gasteiger charge is -2.32. The molecule has 0 aromatic heterocycles. The lowest BCUT2D eigenvalue weighted by molar-refractivity contribution is -0.121. The van der Waals surface area contributed by atoms with Gasteiger partial charge in [0.15, 0.2) is 0 Å². The number of nitrogens with zero attached hydrogens (tertiary/aromatic N) is 1. The number of piperidine rings is 1. The van der Waals surface area contributed by atoms with Crippen LogP contribution in [-0.4, -0.2) is 30.4 Å². The van der Waals surface area contributed by atoms with Crippen LogP contribution in [0.25, 0.3) is 0 Å². The van der Waals surface area contributed by atoms with Crippen molar-refractivity contribution in [2.45, 2.75) is 26.7 Å². The molecule has 0 unspecified atom stereocenters. The zero-order valence-corrected chi connectivity index (χ0v) is 12.2. The van der Waals surface area contributed by atoms with Crippen LogP contribution in [0.3, 0.4) is 0 Å². The molecule has 20 heavy (non-hydrogen) atoms. The number of likely N-dealkylation sites (tertiary alicyclic amines) is 1. The van der Waals surface area contributed by atoms with Crippen LogP contribution >= 0.6 is 0 Å². The minimum absolute atomic E-state index is 0.0563. The number of hydrogen-bond acceptors (Lipinski definition) is 2. The van der Waals surface area contributed by atoms with Crippen molar-refractivity contribution in [2.24, 2.45) is 11.8 Å². The van der Waals surface area contributed by atoms with E-state index in [2.05, 4.69) is 24.1 Å². The minimum Gasteiger partial charge on any atom is -0.326 e. The third-order valence-electron chi connectivity index (χ3n) is 3.69. The smallest absolute Gasteiger partial charge is 0.227 e. The predicted octanol–water partition coefficient (Wildman–Crippen LogP) is 3.13. The maximum Gasteiger partial charge on any atom is 0.227 e. The van der Waals surface area contributed by atoms with Crippen LogP contribution in [0.5, 0.6) is 0 Å². The van der Waals surface area contributed by atoms with Gasteiger partial charge in [-0.2, -0.15) is 0 Å². The van der Waals surface area contributed by atoms with E-state index in [0.29, 0.717) is 11.6 Å². The number of rotatable bonds is 4. The second-order valence-corrected chi connectivity index (χ2v) is 5.96. The van der Waals surface area contributed by atoms with Gasteiger partial charge in [0.2, 0.25) is 5.91 Å². The van der Waals surface area contributed by atoms with Crippen LogP contribution in [0.15, 0.2) is 24.3 Å². The summed E-state index contributed by atoms with van der Waals surface area (Å²) in [4.78, 5) is 14.6. The standard InChI is InChI=1S/C16H23FN2O/c1-12(2)11-19-9-7-13(8-10-19)16(20)18-15-5-3-14(17)4-6-15/h3-6,12-13H,7-11H2,1-2H3,(H,18,20). The van der Waals surface area contributed by atoms with Crippen LogP contribution in [0.1, 0.15) is 26.7 Å². The SMILES string of the molecule is CC(C)CN1CCC(C(=O)Nc2ccc(F)cc2)CC1. The lowest BCUT2D eigenvalue weighted by atomic mass is 9.95. The first-order chi connectivity index (χ1) is 9.54. The Labute approximate surface area is 120 Å². The molecular formula is C16H23FN2O. The van der Waals surface area contributed by atoms with Gasteiger partial charge in [-0.05, 0) is 56.1 Å². The number of benzene rings is 1. The lowest BCUT2D eigenvalue weighted by Crippen LogP contribution is -2.39. The van der Waals surface area contributed by atoms with E-state index in [1.807, 2.05) is 0 Å². The quantitative estimate of drug-likeness (QED) is 0.917. The molecule has 1 aromatic rings. The topological polar surface area (TPSA) is 32.3 Å². The van der Waals surface area contributed by atoms with Gasteiger partial charge in [0.25, 0.3) is 0 Å². The van der Waals surface area contributed by atoms with Gasteiger partial charge in [0.1, 0.15) is 5.82 Å². The van der Waals surface area contributed by atoms with Crippen LogP contribution < -0.4 is 5.32 Å². The molecule has 1 amide bonds. The molecule has 0 radical (unpaired) electrons. The summed E-state index contributed by atoms with van der Waals surface area (Å²) < 4.78 is 12.8. The average Bonchev–Trinajstić information content (AvgIpc) is 2.41. The highest BCUT2D eigenvalue weighted by molar-refractivity contribution is 5.92. The second-order valence-electron chi connectivity index (χ2n) is 5.96. The molecule has 1 fully saturated rings. The normalized spacial score (nSPS) is 17.4. The van der Waals surface area contributed by atoms with Crippen molar-refractivity contribution < 1.29 is 9.18 Å². The second kappa shape index (κ2) is 6.84. The summed E-state index contributed by atoms with van der Waals surface area (Å²) in [6.07, 6.45) is 1.81. The molecule has 0 saturated carbocycles. The summed E-state index contributed by atoms with van der Waals surface area (Å²) in [5, 5.41) is 2.87. The number of hydrogen-bond donors (Lipinski definition) is 1. The van der Waals surface area contributed by atoms with Gasteiger partial charge in [-0.15, -0.1) is 0 Å². The van der Waals surface area contributed by atoms with Crippen molar-refractivity contribution in [3.63, 3.8) is 0 Å². The number of carbonyl (C=O) groups excluding carboxylic acids is 1. The van der Waals surface area contributed by atoms with E-state index >= 15 is 0 Å². The summed E-state index contributed by atoms with van der Waals surface area (Å²) in [6, 6.07) is 5.92. The molecule has 0 spiro atoms.